The predicted molar refractivity (Wildman–Crippen MR) is 120 cm³/mol. The van der Waals surface area contributed by atoms with E-state index in [1.165, 1.54) is 12.3 Å². The van der Waals surface area contributed by atoms with E-state index in [0.717, 1.165) is 32.4 Å². The Kier molecular flexibility index (Phi) is 5.65. The molecule has 0 radical (unpaired) electrons. The maximum Gasteiger partial charge on any atom is 0.343 e. The number of aryl methyl sites for hydroxylation is 1. The Bertz CT molecular complexity index is 1180. The van der Waals surface area contributed by atoms with Gasteiger partial charge in [0.05, 0.1) is 25.3 Å². The highest BCUT2D eigenvalue weighted by Crippen LogP contribution is 2.48. The first-order valence-corrected chi connectivity index (χ1v) is 11.6. The Morgan fingerprint density at radius 2 is 2.09 bits per heavy atom. The Morgan fingerprint density at radius 3 is 2.82 bits per heavy atom. The van der Waals surface area contributed by atoms with E-state index in [1.807, 2.05) is 6.92 Å². The van der Waals surface area contributed by atoms with Crippen molar-refractivity contribution in [2.45, 2.75) is 51.4 Å². The molecular formula is C23H28FN5O4. The van der Waals surface area contributed by atoms with Crippen LogP contribution in [0.1, 0.15) is 43.5 Å². The first kappa shape index (κ1) is 22.0. The Morgan fingerprint density at radius 1 is 1.30 bits per heavy atom. The summed E-state index contributed by atoms with van der Waals surface area (Å²) in [5, 5.41) is 10.8. The molecule has 10 heteroatoms. The van der Waals surface area contributed by atoms with Gasteiger partial charge in [-0.1, -0.05) is 5.22 Å². The van der Waals surface area contributed by atoms with Gasteiger partial charge in [-0.15, -0.1) is 0 Å². The zero-order valence-electron chi connectivity index (χ0n) is 18.9. The summed E-state index contributed by atoms with van der Waals surface area (Å²) < 4.78 is 28.0. The summed E-state index contributed by atoms with van der Waals surface area (Å²) in [5.41, 5.74) is -0.336. The summed E-state index contributed by atoms with van der Waals surface area (Å²) >= 11 is 0. The third kappa shape index (κ3) is 3.34. The second-order valence-electron chi connectivity index (χ2n) is 8.60. The molecule has 9 nitrogen and oxygen atoms in total. The van der Waals surface area contributed by atoms with Crippen molar-refractivity contribution in [3.8, 4) is 0 Å². The van der Waals surface area contributed by atoms with Crippen molar-refractivity contribution in [1.29, 1.82) is 0 Å². The molecule has 0 spiro atoms. The zero-order valence-corrected chi connectivity index (χ0v) is 18.9. The van der Waals surface area contributed by atoms with Gasteiger partial charge in [-0.05, 0) is 45.2 Å². The van der Waals surface area contributed by atoms with Crippen LogP contribution in [0.25, 0.3) is 10.9 Å². The SMILES string of the molecule is CCOC(=O)c1cn(CC)c2cc(N3N=NC4CCCC43N3CCOCC3)c(F)cc2c1=O. The van der Waals surface area contributed by atoms with Crippen LogP contribution in [0.15, 0.2) is 33.5 Å². The lowest BCUT2D eigenvalue weighted by Gasteiger charge is -2.46. The molecule has 1 saturated heterocycles. The van der Waals surface area contributed by atoms with E-state index in [-0.39, 0.29) is 29.3 Å². The predicted octanol–water partition coefficient (Wildman–Crippen LogP) is 3.11. The number of rotatable bonds is 5. The van der Waals surface area contributed by atoms with Gasteiger partial charge in [-0.2, -0.15) is 5.11 Å². The quantitative estimate of drug-likeness (QED) is 0.641. The third-order valence-electron chi connectivity index (χ3n) is 6.97. The Balaban J connectivity index is 1.65. The molecule has 1 aliphatic carbocycles. The van der Waals surface area contributed by atoms with Gasteiger partial charge in [0.2, 0.25) is 5.43 Å². The molecule has 2 fully saturated rings. The van der Waals surface area contributed by atoms with Crippen molar-refractivity contribution in [3.05, 3.63) is 39.9 Å². The molecule has 33 heavy (non-hydrogen) atoms. The number of pyridine rings is 1. The van der Waals surface area contributed by atoms with Crippen LogP contribution >= 0.6 is 0 Å². The molecule has 0 N–H and O–H groups in total. The molecule has 0 amide bonds. The highest BCUT2D eigenvalue weighted by molar-refractivity contribution is 5.94. The number of carbonyl (C=O) groups excluding carboxylic acids is 1. The molecule has 2 aromatic rings. The van der Waals surface area contributed by atoms with Crippen LogP contribution in [0.3, 0.4) is 0 Å². The van der Waals surface area contributed by atoms with Crippen LogP contribution in [0.2, 0.25) is 0 Å². The summed E-state index contributed by atoms with van der Waals surface area (Å²) in [6.45, 7) is 6.93. The normalized spacial score (nSPS) is 25.1. The van der Waals surface area contributed by atoms with Crippen LogP contribution < -0.4 is 10.4 Å². The van der Waals surface area contributed by atoms with Crippen molar-refractivity contribution < 1.29 is 18.7 Å². The summed E-state index contributed by atoms with van der Waals surface area (Å²) in [4.78, 5) is 27.6. The number of carbonyl (C=O) groups is 1. The van der Waals surface area contributed by atoms with Gasteiger partial charge in [0.25, 0.3) is 0 Å². The van der Waals surface area contributed by atoms with E-state index < -0.39 is 22.9 Å². The van der Waals surface area contributed by atoms with Crippen LogP contribution in [0.5, 0.6) is 0 Å². The molecule has 0 bridgehead atoms. The Hall–Kier alpha value is -2.85. The highest BCUT2D eigenvalue weighted by atomic mass is 19.1. The third-order valence-corrected chi connectivity index (χ3v) is 6.97. The van der Waals surface area contributed by atoms with Gasteiger partial charge in [0.1, 0.15) is 28.8 Å². The second kappa shape index (κ2) is 8.49. The smallest absolute Gasteiger partial charge is 0.343 e. The molecule has 176 valence electrons. The average molecular weight is 458 g/mol. The van der Waals surface area contributed by atoms with E-state index in [0.29, 0.717) is 25.3 Å². The summed E-state index contributed by atoms with van der Waals surface area (Å²) in [5.74, 6) is -1.27. The van der Waals surface area contributed by atoms with Crippen molar-refractivity contribution in [3.63, 3.8) is 0 Å². The van der Waals surface area contributed by atoms with Gasteiger partial charge < -0.3 is 14.0 Å². The fourth-order valence-corrected chi connectivity index (χ4v) is 5.43. The highest BCUT2D eigenvalue weighted by Gasteiger charge is 2.56. The maximum absolute atomic E-state index is 15.6. The topological polar surface area (TPSA) is 88.7 Å². The number of morpholine rings is 1. The monoisotopic (exact) mass is 457 g/mol. The number of benzene rings is 1. The molecule has 3 aliphatic rings. The number of esters is 1. The number of anilines is 1. The number of fused-ring (bicyclic) bond motifs is 2. The number of aromatic nitrogens is 1. The number of halogens is 1. The van der Waals surface area contributed by atoms with E-state index in [2.05, 4.69) is 15.2 Å². The number of hydrogen-bond acceptors (Lipinski definition) is 8. The molecule has 3 heterocycles. The summed E-state index contributed by atoms with van der Waals surface area (Å²) in [6, 6.07) is 2.84. The summed E-state index contributed by atoms with van der Waals surface area (Å²) in [6.07, 6.45) is 4.20. The standard InChI is InChI=1S/C23H28FN5O4/c1-3-27-14-16(22(31)33-4-2)21(30)15-12-17(24)19(13-18(15)27)29-23(28-8-10-32-11-9-28)7-5-6-20(23)25-26-29/h12-14,20H,3-11H2,1-2H3. The maximum atomic E-state index is 15.6. The minimum atomic E-state index is -0.704. The first-order valence-electron chi connectivity index (χ1n) is 11.6. The van der Waals surface area contributed by atoms with Gasteiger partial charge >= 0.3 is 5.97 Å². The second-order valence-corrected chi connectivity index (χ2v) is 8.60. The number of hydrogen-bond donors (Lipinski definition) is 0. The molecule has 5 rings (SSSR count). The van der Waals surface area contributed by atoms with Gasteiger partial charge in [0.15, 0.2) is 0 Å². The van der Waals surface area contributed by atoms with Crippen molar-refractivity contribution >= 4 is 22.6 Å². The molecule has 2 unspecified atom stereocenters. The number of nitrogens with zero attached hydrogens (tertiary/aromatic N) is 5. The lowest BCUT2D eigenvalue weighted by molar-refractivity contribution is -0.0215. The molecule has 1 aromatic heterocycles. The molecular weight excluding hydrogens is 429 g/mol. The van der Waals surface area contributed by atoms with E-state index >= 15 is 4.39 Å². The van der Waals surface area contributed by atoms with Crippen LogP contribution in [-0.2, 0) is 16.0 Å². The molecule has 2 atom stereocenters. The van der Waals surface area contributed by atoms with Gasteiger partial charge in [0, 0.05) is 31.2 Å². The number of ether oxygens (including phenoxy) is 2. The summed E-state index contributed by atoms with van der Waals surface area (Å²) in [7, 11) is 0. The molecule has 2 aliphatic heterocycles. The van der Waals surface area contributed by atoms with E-state index in [4.69, 9.17) is 9.47 Å². The van der Waals surface area contributed by atoms with E-state index in [1.54, 1.807) is 22.6 Å². The minimum Gasteiger partial charge on any atom is -0.462 e. The molecule has 1 saturated carbocycles. The van der Waals surface area contributed by atoms with Crippen molar-refractivity contribution in [2.75, 3.05) is 37.9 Å². The van der Waals surface area contributed by atoms with Crippen LogP contribution in [-0.4, -0.2) is 60.1 Å². The molecule has 1 aromatic carbocycles. The van der Waals surface area contributed by atoms with Gasteiger partial charge in [-0.25, -0.2) is 14.2 Å². The fourth-order valence-electron chi connectivity index (χ4n) is 5.43. The average Bonchev–Trinajstić information content (AvgIpc) is 3.40. The van der Waals surface area contributed by atoms with Crippen LogP contribution in [0.4, 0.5) is 10.1 Å². The lowest BCUT2D eigenvalue weighted by Crippen LogP contribution is -2.63. The van der Waals surface area contributed by atoms with Crippen molar-refractivity contribution in [1.82, 2.24) is 9.47 Å². The fraction of sp³-hybridized carbons (Fsp3) is 0.565. The largest absolute Gasteiger partial charge is 0.462 e. The zero-order chi connectivity index (χ0) is 23.2. The van der Waals surface area contributed by atoms with E-state index in [9.17, 15) is 9.59 Å². The Labute approximate surface area is 190 Å². The van der Waals surface area contributed by atoms with Crippen LogP contribution in [0, 0.1) is 5.82 Å². The first-order chi connectivity index (χ1) is 16.0. The van der Waals surface area contributed by atoms with Gasteiger partial charge in [-0.3, -0.25) is 9.69 Å². The minimum absolute atomic E-state index is 0.0368. The lowest BCUT2D eigenvalue weighted by atomic mass is 9.99. The van der Waals surface area contributed by atoms with Crippen molar-refractivity contribution in [2.24, 2.45) is 10.3 Å².